The Morgan fingerprint density at radius 2 is 1.96 bits per heavy atom. The first kappa shape index (κ1) is 17.7. The smallest absolute Gasteiger partial charge is 0.228 e. The number of rotatable bonds is 5. The number of anilines is 1. The first-order chi connectivity index (χ1) is 12.0. The van der Waals surface area contributed by atoms with Crippen molar-refractivity contribution in [3.8, 4) is 5.75 Å². The van der Waals surface area contributed by atoms with Crippen molar-refractivity contribution in [3.63, 3.8) is 0 Å². The van der Waals surface area contributed by atoms with Gasteiger partial charge in [-0.15, -0.1) is 0 Å². The Morgan fingerprint density at radius 3 is 2.56 bits per heavy atom. The van der Waals surface area contributed by atoms with Gasteiger partial charge in [0.15, 0.2) is 0 Å². The summed E-state index contributed by atoms with van der Waals surface area (Å²) < 4.78 is 5.44. The maximum Gasteiger partial charge on any atom is 0.228 e. The predicted octanol–water partition coefficient (Wildman–Crippen LogP) is 1.60. The minimum atomic E-state index is -0.236. The molecule has 1 aromatic carbocycles. The van der Waals surface area contributed by atoms with Crippen LogP contribution in [0.4, 0.5) is 5.69 Å². The molecule has 2 unspecified atom stereocenters. The highest BCUT2D eigenvalue weighted by Gasteiger charge is 2.39. The lowest BCUT2D eigenvalue weighted by Crippen LogP contribution is -2.38. The fourth-order valence-corrected chi connectivity index (χ4v) is 3.63. The van der Waals surface area contributed by atoms with Crippen molar-refractivity contribution in [2.75, 3.05) is 45.2 Å². The zero-order valence-electron chi connectivity index (χ0n) is 15.3. The second kappa shape index (κ2) is 7.44. The third kappa shape index (κ3) is 3.79. The van der Waals surface area contributed by atoms with Crippen molar-refractivity contribution in [1.29, 1.82) is 0 Å². The molecule has 2 amide bonds. The summed E-state index contributed by atoms with van der Waals surface area (Å²) >= 11 is 0. The van der Waals surface area contributed by atoms with E-state index >= 15 is 0 Å². The Kier molecular flexibility index (Phi) is 5.27. The monoisotopic (exact) mass is 345 g/mol. The van der Waals surface area contributed by atoms with E-state index in [0.717, 1.165) is 30.9 Å². The molecule has 0 aromatic heterocycles. The molecule has 0 saturated carbocycles. The van der Waals surface area contributed by atoms with Gasteiger partial charge in [0.05, 0.1) is 12.5 Å². The van der Waals surface area contributed by atoms with Gasteiger partial charge in [-0.05, 0) is 51.7 Å². The zero-order valence-corrected chi connectivity index (χ0v) is 15.3. The van der Waals surface area contributed by atoms with Crippen LogP contribution >= 0.6 is 0 Å². The molecule has 2 saturated heterocycles. The van der Waals surface area contributed by atoms with Gasteiger partial charge in [-0.3, -0.25) is 9.59 Å². The average Bonchev–Trinajstić information content (AvgIpc) is 3.22. The fraction of sp³-hybridized carbons (Fsp3) is 0.579. The predicted molar refractivity (Wildman–Crippen MR) is 96.7 cm³/mol. The first-order valence-electron chi connectivity index (χ1n) is 8.98. The molecule has 2 atom stereocenters. The summed E-state index contributed by atoms with van der Waals surface area (Å²) in [6, 6.07) is 7.91. The minimum absolute atomic E-state index is 0.0193. The largest absolute Gasteiger partial charge is 0.494 e. The Hall–Kier alpha value is -2.08. The van der Waals surface area contributed by atoms with Gasteiger partial charge in [-0.1, -0.05) is 0 Å². The fourth-order valence-electron chi connectivity index (χ4n) is 3.63. The Balaban J connectivity index is 1.63. The lowest BCUT2D eigenvalue weighted by molar-refractivity contribution is -0.134. The Bertz CT molecular complexity index is 629. The molecule has 6 nitrogen and oxygen atoms in total. The van der Waals surface area contributed by atoms with E-state index in [2.05, 4.69) is 4.90 Å². The minimum Gasteiger partial charge on any atom is -0.494 e. The number of hydrogen-bond acceptors (Lipinski definition) is 4. The van der Waals surface area contributed by atoms with Crippen molar-refractivity contribution in [1.82, 2.24) is 9.80 Å². The van der Waals surface area contributed by atoms with Gasteiger partial charge < -0.3 is 19.4 Å². The summed E-state index contributed by atoms with van der Waals surface area (Å²) in [4.78, 5) is 31.0. The van der Waals surface area contributed by atoms with Gasteiger partial charge >= 0.3 is 0 Å². The maximum absolute atomic E-state index is 12.8. The molecule has 1 aromatic rings. The van der Waals surface area contributed by atoms with Crippen LogP contribution in [0.2, 0.25) is 0 Å². The summed E-state index contributed by atoms with van der Waals surface area (Å²) in [5, 5.41) is 0. The number of likely N-dealkylation sites (tertiary alicyclic amines) is 1. The Labute approximate surface area is 149 Å². The number of carbonyl (C=O) groups excluding carboxylic acids is 2. The van der Waals surface area contributed by atoms with Gasteiger partial charge in [0.25, 0.3) is 0 Å². The molecule has 0 radical (unpaired) electrons. The highest BCUT2D eigenvalue weighted by Crippen LogP contribution is 2.29. The van der Waals surface area contributed by atoms with Crippen molar-refractivity contribution < 1.29 is 14.3 Å². The van der Waals surface area contributed by atoms with E-state index in [0.29, 0.717) is 25.6 Å². The standard InChI is InChI=1S/C19H27N3O3/c1-4-25-17-7-5-15(6-8-17)22-12-14(11-18(22)23)19(24)21-10-9-16(13-21)20(2)3/h5-8,14,16H,4,9-13H2,1-3H3. The molecule has 0 spiro atoms. The third-order valence-electron chi connectivity index (χ3n) is 5.14. The van der Waals surface area contributed by atoms with Crippen LogP contribution in [0.1, 0.15) is 19.8 Å². The molecule has 6 heteroatoms. The molecule has 2 aliphatic heterocycles. The van der Waals surface area contributed by atoms with Crippen LogP contribution in [0.25, 0.3) is 0 Å². The average molecular weight is 345 g/mol. The van der Waals surface area contributed by atoms with E-state index in [-0.39, 0.29) is 17.7 Å². The summed E-state index contributed by atoms with van der Waals surface area (Å²) in [5.41, 5.74) is 0.830. The van der Waals surface area contributed by atoms with Crippen molar-refractivity contribution >= 4 is 17.5 Å². The van der Waals surface area contributed by atoms with Crippen LogP contribution in [-0.2, 0) is 9.59 Å². The SMILES string of the molecule is CCOc1ccc(N2CC(C(=O)N3CCC(N(C)C)C3)CC2=O)cc1. The number of benzene rings is 1. The van der Waals surface area contributed by atoms with E-state index in [9.17, 15) is 9.59 Å². The van der Waals surface area contributed by atoms with E-state index in [1.807, 2.05) is 50.2 Å². The zero-order chi connectivity index (χ0) is 18.0. The molecule has 3 rings (SSSR count). The number of nitrogens with zero attached hydrogens (tertiary/aromatic N) is 3. The maximum atomic E-state index is 12.8. The lowest BCUT2D eigenvalue weighted by atomic mass is 10.1. The molecule has 136 valence electrons. The molecule has 2 heterocycles. The highest BCUT2D eigenvalue weighted by molar-refractivity contribution is 6.00. The number of carbonyl (C=O) groups is 2. The van der Waals surface area contributed by atoms with E-state index in [4.69, 9.17) is 4.74 Å². The van der Waals surface area contributed by atoms with Gasteiger partial charge in [0, 0.05) is 37.8 Å². The number of hydrogen-bond donors (Lipinski definition) is 0. The number of likely N-dealkylation sites (N-methyl/N-ethyl adjacent to an activating group) is 1. The van der Waals surface area contributed by atoms with Crippen LogP contribution in [0.3, 0.4) is 0 Å². The second-order valence-electron chi connectivity index (χ2n) is 7.02. The van der Waals surface area contributed by atoms with Crippen LogP contribution in [0.5, 0.6) is 5.75 Å². The highest BCUT2D eigenvalue weighted by atomic mass is 16.5. The Morgan fingerprint density at radius 1 is 1.24 bits per heavy atom. The van der Waals surface area contributed by atoms with Crippen LogP contribution in [0.15, 0.2) is 24.3 Å². The normalized spacial score (nSPS) is 23.6. The topological polar surface area (TPSA) is 53.1 Å². The van der Waals surface area contributed by atoms with Crippen molar-refractivity contribution in [3.05, 3.63) is 24.3 Å². The summed E-state index contributed by atoms with van der Waals surface area (Å²) in [6.45, 7) is 4.57. The molecule has 0 aliphatic carbocycles. The van der Waals surface area contributed by atoms with Gasteiger partial charge in [-0.2, -0.15) is 0 Å². The molecule has 2 aliphatic rings. The van der Waals surface area contributed by atoms with Crippen LogP contribution < -0.4 is 9.64 Å². The van der Waals surface area contributed by atoms with Crippen LogP contribution in [-0.4, -0.2) is 68.0 Å². The summed E-state index contributed by atoms with van der Waals surface area (Å²) in [6.07, 6.45) is 1.30. The molecule has 0 bridgehead atoms. The molecule has 25 heavy (non-hydrogen) atoms. The van der Waals surface area contributed by atoms with Gasteiger partial charge in [0.2, 0.25) is 11.8 Å². The second-order valence-corrected chi connectivity index (χ2v) is 7.02. The number of ether oxygens (including phenoxy) is 1. The lowest BCUT2D eigenvalue weighted by Gasteiger charge is -2.23. The third-order valence-corrected chi connectivity index (χ3v) is 5.14. The molecular formula is C19H27N3O3. The van der Waals surface area contributed by atoms with E-state index < -0.39 is 0 Å². The van der Waals surface area contributed by atoms with Crippen molar-refractivity contribution in [2.45, 2.75) is 25.8 Å². The van der Waals surface area contributed by atoms with Gasteiger partial charge in [0.1, 0.15) is 5.75 Å². The molecular weight excluding hydrogens is 318 g/mol. The summed E-state index contributed by atoms with van der Waals surface area (Å²) in [7, 11) is 4.09. The van der Waals surface area contributed by atoms with Crippen molar-refractivity contribution in [2.24, 2.45) is 5.92 Å². The van der Waals surface area contributed by atoms with E-state index in [1.54, 1.807) is 4.90 Å². The summed E-state index contributed by atoms with van der Waals surface area (Å²) in [5.74, 6) is 0.689. The molecule has 0 N–H and O–H groups in total. The van der Waals surface area contributed by atoms with E-state index in [1.165, 1.54) is 0 Å². The van der Waals surface area contributed by atoms with Gasteiger partial charge in [-0.25, -0.2) is 0 Å². The van der Waals surface area contributed by atoms with Crippen LogP contribution in [0, 0.1) is 5.92 Å². The number of amides is 2. The first-order valence-corrected chi connectivity index (χ1v) is 8.98. The molecule has 2 fully saturated rings. The quantitative estimate of drug-likeness (QED) is 0.813.